The van der Waals surface area contributed by atoms with Crippen LogP contribution in [-0.4, -0.2) is 15.6 Å². The third kappa shape index (κ3) is 4.75. The number of para-hydroxylation sites is 1. The molecule has 4 nitrogen and oxygen atoms in total. The van der Waals surface area contributed by atoms with Gasteiger partial charge in [0.05, 0.1) is 16.3 Å². The fourth-order valence-corrected chi connectivity index (χ4v) is 5.73. The van der Waals surface area contributed by atoms with Crippen molar-refractivity contribution < 1.29 is 4.79 Å². The van der Waals surface area contributed by atoms with Crippen molar-refractivity contribution in [1.29, 1.82) is 0 Å². The molecule has 0 bridgehead atoms. The van der Waals surface area contributed by atoms with Crippen LogP contribution < -0.4 is 4.90 Å². The first-order valence-corrected chi connectivity index (χ1v) is 13.4. The summed E-state index contributed by atoms with van der Waals surface area (Å²) >= 11 is 14.1. The number of fused-ring (bicyclic) bond motifs is 1. The summed E-state index contributed by atoms with van der Waals surface area (Å²) in [7, 11) is 0. The molecule has 1 saturated heterocycles. The molecule has 7 heteroatoms. The average Bonchev–Trinajstić information content (AvgIpc) is 3.32. The molecule has 0 saturated carbocycles. The van der Waals surface area contributed by atoms with Crippen LogP contribution in [0.15, 0.2) is 83.2 Å². The van der Waals surface area contributed by atoms with Crippen LogP contribution in [-0.2, 0) is 11.3 Å². The number of thioether (sulfide) groups is 1. The first-order chi connectivity index (χ1) is 17.8. The smallest absolute Gasteiger partial charge is 0.271 e. The minimum Gasteiger partial charge on any atom is -0.340 e. The Morgan fingerprint density at radius 3 is 2.38 bits per heavy atom. The number of amidine groups is 1. The fourth-order valence-electron chi connectivity index (χ4n) is 4.39. The van der Waals surface area contributed by atoms with Crippen molar-refractivity contribution in [3.05, 3.63) is 111 Å². The molecule has 0 spiro atoms. The maximum Gasteiger partial charge on any atom is 0.271 e. The third-order valence-corrected chi connectivity index (χ3v) is 8.25. The number of allylic oxidation sites excluding steroid dienone is 1. The van der Waals surface area contributed by atoms with Gasteiger partial charge in [-0.05, 0) is 80.1 Å². The monoisotopic (exact) mass is 545 g/mol. The Balaban J connectivity index is 1.66. The molecule has 0 N–H and O–H groups in total. The standard InChI is InChI=1S/C30H25Cl2N3OS/c1-5-14-34-20(4)24(23-8-6-7-9-27(23)34)17-28-29(36)35(22-13-11-19(3)26(32)16-22)30(37-28)33-21-12-10-18(2)25(31)15-21/h5-13,15-17H,1,14H2,2-4H3/b28-17-,33-30?. The molecule has 2 heterocycles. The Morgan fingerprint density at radius 1 is 0.973 bits per heavy atom. The molecule has 37 heavy (non-hydrogen) atoms. The normalized spacial score (nSPS) is 15.9. The van der Waals surface area contributed by atoms with Crippen molar-refractivity contribution >= 4 is 74.4 Å². The molecule has 0 radical (unpaired) electrons. The molecule has 0 atom stereocenters. The van der Waals surface area contributed by atoms with Crippen molar-refractivity contribution in [2.75, 3.05) is 4.90 Å². The summed E-state index contributed by atoms with van der Waals surface area (Å²) in [5.41, 5.74) is 6.43. The van der Waals surface area contributed by atoms with Crippen LogP contribution in [0.25, 0.3) is 17.0 Å². The van der Waals surface area contributed by atoms with Gasteiger partial charge in [0.15, 0.2) is 5.17 Å². The second kappa shape index (κ2) is 10.3. The van der Waals surface area contributed by atoms with Crippen LogP contribution in [0.5, 0.6) is 0 Å². The van der Waals surface area contributed by atoms with Gasteiger partial charge in [-0.2, -0.15) is 0 Å². The second-order valence-corrected chi connectivity index (χ2v) is 10.8. The van der Waals surface area contributed by atoms with Crippen LogP contribution >= 0.6 is 35.0 Å². The zero-order chi connectivity index (χ0) is 26.3. The van der Waals surface area contributed by atoms with Crippen molar-refractivity contribution in [2.24, 2.45) is 4.99 Å². The average molecular weight is 547 g/mol. The molecule has 3 aromatic carbocycles. The minimum atomic E-state index is -0.151. The molecule has 0 unspecified atom stereocenters. The van der Waals surface area contributed by atoms with E-state index in [0.717, 1.165) is 33.3 Å². The zero-order valence-corrected chi connectivity index (χ0v) is 23.1. The lowest BCUT2D eigenvalue weighted by Gasteiger charge is -2.16. The number of halogens is 2. The number of carbonyl (C=O) groups is 1. The lowest BCUT2D eigenvalue weighted by atomic mass is 10.1. The summed E-state index contributed by atoms with van der Waals surface area (Å²) in [6.07, 6.45) is 3.85. The maximum absolute atomic E-state index is 13.9. The lowest BCUT2D eigenvalue weighted by molar-refractivity contribution is -0.113. The largest absolute Gasteiger partial charge is 0.340 e. The van der Waals surface area contributed by atoms with E-state index in [2.05, 4.69) is 30.2 Å². The number of aromatic nitrogens is 1. The molecule has 1 aromatic heterocycles. The summed E-state index contributed by atoms with van der Waals surface area (Å²) in [5, 5.41) is 2.85. The highest BCUT2D eigenvalue weighted by atomic mass is 35.5. The second-order valence-electron chi connectivity index (χ2n) is 8.93. The third-order valence-electron chi connectivity index (χ3n) is 6.47. The van der Waals surface area contributed by atoms with Gasteiger partial charge in [-0.15, -0.1) is 6.58 Å². The SMILES string of the molecule is C=CCn1c(C)c(/C=C2\SC(=Nc3ccc(C)c(Cl)c3)N(c3ccc(C)c(Cl)c3)C2=O)c2ccccc21. The van der Waals surface area contributed by atoms with E-state index in [0.29, 0.717) is 38.0 Å². The molecule has 1 fully saturated rings. The molecule has 0 aliphatic carbocycles. The quantitative estimate of drug-likeness (QED) is 0.185. The van der Waals surface area contributed by atoms with Crippen LogP contribution in [0, 0.1) is 20.8 Å². The summed E-state index contributed by atoms with van der Waals surface area (Å²) in [4.78, 5) is 20.9. The molecular weight excluding hydrogens is 521 g/mol. The molecule has 1 aliphatic rings. The van der Waals surface area contributed by atoms with Crippen LogP contribution in [0.2, 0.25) is 10.0 Å². The Morgan fingerprint density at radius 2 is 1.68 bits per heavy atom. The van der Waals surface area contributed by atoms with E-state index in [1.54, 1.807) is 11.0 Å². The highest BCUT2D eigenvalue weighted by molar-refractivity contribution is 8.19. The molecular formula is C30H25Cl2N3OS. The fraction of sp³-hybridized carbons (Fsp3) is 0.133. The summed E-state index contributed by atoms with van der Waals surface area (Å²) in [6.45, 7) is 10.5. The first kappa shape index (κ1) is 25.4. The Kier molecular flexibility index (Phi) is 7.04. The molecule has 1 aliphatic heterocycles. The molecule has 186 valence electrons. The minimum absolute atomic E-state index is 0.151. The van der Waals surface area contributed by atoms with Gasteiger partial charge < -0.3 is 4.57 Å². The first-order valence-electron chi connectivity index (χ1n) is 11.8. The van der Waals surface area contributed by atoms with Gasteiger partial charge in [-0.3, -0.25) is 9.69 Å². The van der Waals surface area contributed by atoms with Crippen LogP contribution in [0.3, 0.4) is 0 Å². The van der Waals surface area contributed by atoms with Crippen molar-refractivity contribution in [2.45, 2.75) is 27.3 Å². The number of anilines is 1. The molecule has 4 aromatic rings. The number of hydrogen-bond donors (Lipinski definition) is 0. The number of aryl methyl sites for hydroxylation is 2. The summed E-state index contributed by atoms with van der Waals surface area (Å²) in [5.74, 6) is -0.151. The van der Waals surface area contributed by atoms with E-state index in [1.807, 2.05) is 68.5 Å². The van der Waals surface area contributed by atoms with Gasteiger partial charge in [0.1, 0.15) is 0 Å². The predicted molar refractivity (Wildman–Crippen MR) is 159 cm³/mol. The highest BCUT2D eigenvalue weighted by Gasteiger charge is 2.35. The van der Waals surface area contributed by atoms with E-state index < -0.39 is 0 Å². The van der Waals surface area contributed by atoms with Crippen molar-refractivity contribution in [1.82, 2.24) is 4.57 Å². The molecule has 1 amide bonds. The Labute approximate surface area is 230 Å². The van der Waals surface area contributed by atoms with E-state index >= 15 is 0 Å². The lowest BCUT2D eigenvalue weighted by Crippen LogP contribution is -2.28. The van der Waals surface area contributed by atoms with Gasteiger partial charge in [0.25, 0.3) is 5.91 Å². The number of rotatable bonds is 5. The highest BCUT2D eigenvalue weighted by Crippen LogP contribution is 2.40. The topological polar surface area (TPSA) is 37.6 Å². The van der Waals surface area contributed by atoms with E-state index in [4.69, 9.17) is 28.2 Å². The van der Waals surface area contributed by atoms with Crippen LogP contribution in [0.4, 0.5) is 11.4 Å². The number of amides is 1. The number of benzene rings is 3. The van der Waals surface area contributed by atoms with Gasteiger partial charge >= 0.3 is 0 Å². The Bertz CT molecular complexity index is 1630. The van der Waals surface area contributed by atoms with Gasteiger partial charge in [0.2, 0.25) is 0 Å². The van der Waals surface area contributed by atoms with E-state index in [1.165, 1.54) is 11.8 Å². The number of aliphatic imine (C=N–C) groups is 1. The number of nitrogens with zero attached hydrogens (tertiary/aromatic N) is 3. The predicted octanol–water partition coefficient (Wildman–Crippen LogP) is 8.87. The number of carbonyl (C=O) groups excluding carboxylic acids is 1. The summed E-state index contributed by atoms with van der Waals surface area (Å²) in [6, 6.07) is 19.4. The van der Waals surface area contributed by atoms with Gasteiger partial charge in [0, 0.05) is 38.8 Å². The van der Waals surface area contributed by atoms with Gasteiger partial charge in [-0.25, -0.2) is 4.99 Å². The van der Waals surface area contributed by atoms with E-state index in [-0.39, 0.29) is 5.91 Å². The van der Waals surface area contributed by atoms with Crippen molar-refractivity contribution in [3.63, 3.8) is 0 Å². The van der Waals surface area contributed by atoms with Gasteiger partial charge in [-0.1, -0.05) is 59.6 Å². The zero-order valence-electron chi connectivity index (χ0n) is 20.8. The number of hydrogen-bond acceptors (Lipinski definition) is 3. The summed E-state index contributed by atoms with van der Waals surface area (Å²) < 4.78 is 2.21. The maximum atomic E-state index is 13.9. The van der Waals surface area contributed by atoms with E-state index in [9.17, 15) is 4.79 Å². The molecule has 5 rings (SSSR count). The van der Waals surface area contributed by atoms with Crippen LogP contribution in [0.1, 0.15) is 22.4 Å². The Hall–Kier alpha value is -3.25. The van der Waals surface area contributed by atoms with Crippen molar-refractivity contribution in [3.8, 4) is 0 Å².